The maximum absolute atomic E-state index is 8.83. The molecule has 1 heterocycles. The van der Waals surface area contributed by atoms with Gasteiger partial charge in [-0.25, -0.2) is 4.98 Å². The van der Waals surface area contributed by atoms with Gasteiger partial charge in [0.1, 0.15) is 11.6 Å². The van der Waals surface area contributed by atoms with Crippen molar-refractivity contribution in [3.8, 4) is 17.5 Å². The first kappa shape index (κ1) is 15.2. The number of hydrogen-bond acceptors (Lipinski definition) is 6. The average Bonchev–Trinajstić information content (AvgIpc) is 2.98. The maximum Gasteiger partial charge on any atom is 0.227 e. The van der Waals surface area contributed by atoms with Crippen LogP contribution < -0.4 is 11.2 Å². The molecule has 0 atom stereocenters. The number of hydrazone groups is 1. The summed E-state index contributed by atoms with van der Waals surface area (Å²) < 4.78 is 5.82. The number of nitriles is 1. The number of benzene rings is 2. The van der Waals surface area contributed by atoms with Gasteiger partial charge < -0.3 is 10.2 Å². The van der Waals surface area contributed by atoms with E-state index in [1.165, 1.54) is 0 Å². The van der Waals surface area contributed by atoms with E-state index in [2.05, 4.69) is 15.5 Å². The summed E-state index contributed by atoms with van der Waals surface area (Å²) in [5, 5.41) is 19.8. The van der Waals surface area contributed by atoms with Gasteiger partial charge >= 0.3 is 0 Å². The van der Waals surface area contributed by atoms with Gasteiger partial charge in [0, 0.05) is 11.6 Å². The highest BCUT2D eigenvalue weighted by Crippen LogP contribution is 2.28. The summed E-state index contributed by atoms with van der Waals surface area (Å²) >= 11 is 0. The second-order valence-electron chi connectivity index (χ2n) is 5.11. The van der Waals surface area contributed by atoms with Crippen LogP contribution >= 0.6 is 0 Å². The van der Waals surface area contributed by atoms with Gasteiger partial charge in [0.05, 0.1) is 5.69 Å². The van der Waals surface area contributed by atoms with Crippen molar-refractivity contribution in [2.45, 2.75) is 6.92 Å². The topological polar surface area (TPSA) is 124 Å². The fraction of sp³-hybridized carbons (Fsp3) is 0.0588. The SMILES string of the molecule is Cc1ccccc1-c1nc2ccc(N/N=C(\C#N)C(=N)N)cc2o1. The van der Waals surface area contributed by atoms with Gasteiger partial charge in [-0.1, -0.05) is 18.2 Å². The molecule has 0 radical (unpaired) electrons. The minimum Gasteiger partial charge on any atom is -0.436 e. The lowest BCUT2D eigenvalue weighted by Gasteiger charge is -2.00. The second kappa shape index (κ2) is 6.22. The number of anilines is 1. The van der Waals surface area contributed by atoms with Crippen LogP contribution in [0.4, 0.5) is 5.69 Å². The highest BCUT2D eigenvalue weighted by molar-refractivity contribution is 6.45. The van der Waals surface area contributed by atoms with Crippen LogP contribution in [-0.4, -0.2) is 16.5 Å². The van der Waals surface area contributed by atoms with Crippen molar-refractivity contribution in [3.05, 3.63) is 48.0 Å². The molecule has 0 bridgehead atoms. The molecule has 0 saturated heterocycles. The number of nitrogens with two attached hydrogens (primary N) is 1. The molecule has 2 aromatic carbocycles. The molecule has 0 unspecified atom stereocenters. The number of nitrogens with one attached hydrogen (secondary N) is 2. The third-order valence-corrected chi connectivity index (χ3v) is 3.42. The second-order valence-corrected chi connectivity index (χ2v) is 5.11. The molecule has 118 valence electrons. The number of aryl methyl sites for hydroxylation is 1. The lowest BCUT2D eigenvalue weighted by atomic mass is 10.1. The van der Waals surface area contributed by atoms with Crippen molar-refractivity contribution < 1.29 is 4.42 Å². The Morgan fingerprint density at radius 2 is 2.12 bits per heavy atom. The minimum atomic E-state index is -0.396. The van der Waals surface area contributed by atoms with Gasteiger partial charge in [0.15, 0.2) is 11.4 Å². The zero-order valence-electron chi connectivity index (χ0n) is 12.9. The van der Waals surface area contributed by atoms with Crippen LogP contribution in [0.15, 0.2) is 52.0 Å². The molecule has 0 spiro atoms. The summed E-state index contributed by atoms with van der Waals surface area (Å²) in [6.45, 7) is 2.00. The van der Waals surface area contributed by atoms with Gasteiger partial charge in [0.2, 0.25) is 11.6 Å². The molecule has 7 nitrogen and oxygen atoms in total. The first-order valence-corrected chi connectivity index (χ1v) is 7.13. The average molecular weight is 318 g/mol. The Bertz CT molecular complexity index is 996. The summed E-state index contributed by atoms with van der Waals surface area (Å²) in [7, 11) is 0. The molecule has 3 rings (SSSR count). The Labute approximate surface area is 137 Å². The van der Waals surface area contributed by atoms with E-state index in [1.54, 1.807) is 24.3 Å². The van der Waals surface area contributed by atoms with Crippen molar-refractivity contribution in [1.82, 2.24) is 4.98 Å². The van der Waals surface area contributed by atoms with Crippen molar-refractivity contribution in [1.29, 1.82) is 10.7 Å². The lowest BCUT2D eigenvalue weighted by Crippen LogP contribution is -2.21. The molecule has 0 aliphatic carbocycles. The Kier molecular flexibility index (Phi) is 3.95. The minimum absolute atomic E-state index is 0.187. The number of hydrogen-bond donors (Lipinski definition) is 3. The number of amidine groups is 1. The summed E-state index contributed by atoms with van der Waals surface area (Å²) in [6, 6.07) is 14.9. The molecule has 7 heteroatoms. The summed E-state index contributed by atoms with van der Waals surface area (Å²) in [6.07, 6.45) is 0. The van der Waals surface area contributed by atoms with Gasteiger partial charge in [0.25, 0.3) is 0 Å². The Balaban J connectivity index is 1.94. The number of fused-ring (bicyclic) bond motifs is 1. The maximum atomic E-state index is 8.83. The molecule has 0 fully saturated rings. The van der Waals surface area contributed by atoms with Crippen LogP contribution in [-0.2, 0) is 0 Å². The van der Waals surface area contributed by atoms with E-state index < -0.39 is 5.84 Å². The molecule has 3 aromatic rings. The third kappa shape index (κ3) is 2.94. The van der Waals surface area contributed by atoms with Crippen molar-refractivity contribution in [2.24, 2.45) is 10.8 Å². The van der Waals surface area contributed by atoms with Gasteiger partial charge in [-0.15, -0.1) is 0 Å². The number of nitrogens with zero attached hydrogens (tertiary/aromatic N) is 3. The molecule has 0 saturated carbocycles. The first-order valence-electron chi connectivity index (χ1n) is 7.13. The molecule has 0 aliphatic heterocycles. The van der Waals surface area contributed by atoms with E-state index in [4.69, 9.17) is 20.8 Å². The van der Waals surface area contributed by atoms with Crippen molar-refractivity contribution >= 4 is 28.3 Å². The van der Waals surface area contributed by atoms with Crippen molar-refractivity contribution in [2.75, 3.05) is 5.43 Å². The van der Waals surface area contributed by atoms with Crippen LogP contribution in [0.3, 0.4) is 0 Å². The van der Waals surface area contributed by atoms with Gasteiger partial charge in [-0.05, 0) is 30.7 Å². The molecule has 24 heavy (non-hydrogen) atoms. The number of aromatic nitrogens is 1. The smallest absolute Gasteiger partial charge is 0.227 e. The van der Waals surface area contributed by atoms with Crippen LogP contribution in [0.2, 0.25) is 0 Å². The predicted molar refractivity (Wildman–Crippen MR) is 92.8 cm³/mol. The van der Waals surface area contributed by atoms with E-state index >= 15 is 0 Å². The third-order valence-electron chi connectivity index (χ3n) is 3.42. The van der Waals surface area contributed by atoms with E-state index in [0.717, 1.165) is 16.6 Å². The molecule has 0 amide bonds. The highest BCUT2D eigenvalue weighted by Gasteiger charge is 2.10. The van der Waals surface area contributed by atoms with E-state index in [1.807, 2.05) is 31.2 Å². The Hall–Kier alpha value is -3.66. The summed E-state index contributed by atoms with van der Waals surface area (Å²) in [5.41, 5.74) is 11.7. The van der Waals surface area contributed by atoms with Gasteiger partial charge in [-0.3, -0.25) is 10.8 Å². The molecular formula is C17H14N6O. The van der Waals surface area contributed by atoms with E-state index in [0.29, 0.717) is 17.2 Å². The van der Waals surface area contributed by atoms with Crippen molar-refractivity contribution in [3.63, 3.8) is 0 Å². The monoisotopic (exact) mass is 318 g/mol. The normalized spacial score (nSPS) is 11.2. The first-order chi connectivity index (χ1) is 11.6. The Morgan fingerprint density at radius 3 is 2.83 bits per heavy atom. The predicted octanol–water partition coefficient (Wildman–Crippen LogP) is 3.03. The fourth-order valence-electron chi connectivity index (χ4n) is 2.19. The van der Waals surface area contributed by atoms with Crippen LogP contribution in [0.1, 0.15) is 5.56 Å². The summed E-state index contributed by atoms with van der Waals surface area (Å²) in [4.78, 5) is 4.49. The molecular weight excluding hydrogens is 304 g/mol. The number of oxazole rings is 1. The quantitative estimate of drug-likeness (QED) is 0.387. The standard InChI is InChI=1S/C17H14N6O/c1-10-4-2-3-5-12(10)17-21-13-7-6-11(8-15(13)24-17)22-23-14(9-18)16(19)20/h2-8,22H,1H3,(H3,19,20)/b23-14+. The zero-order valence-corrected chi connectivity index (χ0v) is 12.9. The zero-order chi connectivity index (χ0) is 17.1. The van der Waals surface area contributed by atoms with Gasteiger partial charge in [-0.2, -0.15) is 10.4 Å². The fourth-order valence-corrected chi connectivity index (χ4v) is 2.19. The summed E-state index contributed by atoms with van der Waals surface area (Å²) in [5.74, 6) is 0.151. The largest absolute Gasteiger partial charge is 0.436 e. The Morgan fingerprint density at radius 1 is 1.33 bits per heavy atom. The number of rotatable bonds is 4. The lowest BCUT2D eigenvalue weighted by molar-refractivity contribution is 0.619. The molecule has 0 aliphatic rings. The molecule has 1 aromatic heterocycles. The van der Waals surface area contributed by atoms with Crippen LogP contribution in [0.5, 0.6) is 0 Å². The molecule has 4 N–H and O–H groups in total. The van der Waals surface area contributed by atoms with Crippen LogP contribution in [0, 0.1) is 23.7 Å². The van der Waals surface area contributed by atoms with E-state index in [9.17, 15) is 0 Å². The van der Waals surface area contributed by atoms with E-state index in [-0.39, 0.29) is 5.71 Å². The van der Waals surface area contributed by atoms with Crippen LogP contribution in [0.25, 0.3) is 22.6 Å². The highest BCUT2D eigenvalue weighted by atomic mass is 16.3.